The van der Waals surface area contributed by atoms with Crippen LogP contribution in [0.4, 0.5) is 0 Å². The van der Waals surface area contributed by atoms with Crippen molar-refractivity contribution in [2.45, 2.75) is 0 Å². The number of rotatable bonds is 3. The predicted molar refractivity (Wildman–Crippen MR) is 89.3 cm³/mol. The fourth-order valence-corrected chi connectivity index (χ4v) is 2.63. The van der Waals surface area contributed by atoms with Gasteiger partial charge in [0.05, 0.1) is 0 Å². The molecule has 0 radical (unpaired) electrons. The minimum Gasteiger partial charge on any atom is -0.506 e. The van der Waals surface area contributed by atoms with Crippen LogP contribution in [0.25, 0.3) is 16.5 Å². The number of hydrogen-bond acceptors (Lipinski definition) is 4. The highest BCUT2D eigenvalue weighted by molar-refractivity contribution is 9.10. The fourth-order valence-electron chi connectivity index (χ4n) is 2.13. The molecule has 5 heteroatoms. The van der Waals surface area contributed by atoms with Crippen LogP contribution in [0.2, 0.25) is 0 Å². The Labute approximate surface area is 135 Å². The zero-order chi connectivity index (χ0) is 15.7. The molecule has 3 aromatic rings. The molecule has 0 saturated carbocycles. The van der Waals surface area contributed by atoms with Gasteiger partial charge in [0.25, 0.3) is 0 Å². The summed E-state index contributed by atoms with van der Waals surface area (Å²) < 4.78 is 6.25. The Hall–Kier alpha value is -2.53. The molecule has 0 aliphatic heterocycles. The number of benzene rings is 2. The molecule has 4 nitrogen and oxygen atoms in total. The van der Waals surface area contributed by atoms with Crippen molar-refractivity contribution in [3.8, 4) is 17.2 Å². The Morgan fingerprint density at radius 3 is 2.45 bits per heavy atom. The van der Waals surface area contributed by atoms with Gasteiger partial charge in [0.1, 0.15) is 27.6 Å². The lowest BCUT2D eigenvalue weighted by Gasteiger charge is -2.10. The first-order valence-corrected chi connectivity index (χ1v) is 7.29. The summed E-state index contributed by atoms with van der Waals surface area (Å²) in [6, 6.07) is 14.6. The van der Waals surface area contributed by atoms with Crippen LogP contribution in [0.15, 0.2) is 59.7 Å². The number of fused-ring (bicyclic) bond motifs is 1. The number of aromatic hydroxyl groups is 1. The number of aliphatic hydroxyl groups excluding tert-OH is 1. The van der Waals surface area contributed by atoms with Gasteiger partial charge in [-0.1, -0.05) is 24.8 Å². The summed E-state index contributed by atoms with van der Waals surface area (Å²) in [4.78, 5) is 4.11. The van der Waals surface area contributed by atoms with Crippen molar-refractivity contribution in [3.63, 3.8) is 0 Å². The summed E-state index contributed by atoms with van der Waals surface area (Å²) in [5.74, 6) is 0.938. The quantitative estimate of drug-likeness (QED) is 0.510. The summed E-state index contributed by atoms with van der Waals surface area (Å²) in [7, 11) is 0. The lowest BCUT2D eigenvalue weighted by molar-refractivity contribution is 0.461. The second-order valence-corrected chi connectivity index (χ2v) is 5.42. The van der Waals surface area contributed by atoms with E-state index in [1.54, 1.807) is 18.2 Å². The first kappa shape index (κ1) is 14.4. The van der Waals surface area contributed by atoms with Crippen LogP contribution in [-0.2, 0) is 0 Å². The summed E-state index contributed by atoms with van der Waals surface area (Å²) in [5.41, 5.74) is 0.0519. The monoisotopic (exact) mass is 357 g/mol. The fraction of sp³-hybridized carbons (Fsp3) is 0. The number of pyridine rings is 1. The summed E-state index contributed by atoms with van der Waals surface area (Å²) in [5, 5.41) is 20.9. The van der Waals surface area contributed by atoms with Crippen LogP contribution in [0.5, 0.6) is 17.2 Å². The average Bonchev–Trinajstić information content (AvgIpc) is 2.51. The lowest BCUT2D eigenvalue weighted by Crippen LogP contribution is -1.92. The second kappa shape index (κ2) is 5.69. The zero-order valence-electron chi connectivity index (χ0n) is 11.5. The number of aromatic nitrogens is 1. The zero-order valence-corrected chi connectivity index (χ0v) is 13.0. The molecule has 0 saturated heterocycles. The standard InChI is InChI=1S/C17H12BrNO3/c1-10(20)15-16(21)13-8-7-12(9-14(13)17(18)19-15)22-11-5-3-2-4-6-11/h2-9,20-21H,1H2. The number of para-hydroxylation sites is 1. The summed E-state index contributed by atoms with van der Waals surface area (Å²) in [6.07, 6.45) is 0. The molecule has 1 aromatic heterocycles. The predicted octanol–water partition coefficient (Wildman–Crippen LogP) is 5.02. The van der Waals surface area contributed by atoms with Gasteiger partial charge in [0, 0.05) is 10.8 Å². The number of hydrogen-bond donors (Lipinski definition) is 2. The molecule has 22 heavy (non-hydrogen) atoms. The Morgan fingerprint density at radius 2 is 1.77 bits per heavy atom. The van der Waals surface area contributed by atoms with Crippen molar-refractivity contribution in [3.05, 3.63) is 65.4 Å². The van der Waals surface area contributed by atoms with Crippen LogP contribution < -0.4 is 4.74 Å². The van der Waals surface area contributed by atoms with E-state index in [-0.39, 0.29) is 17.2 Å². The van der Waals surface area contributed by atoms with Gasteiger partial charge in [0.15, 0.2) is 5.75 Å². The number of halogens is 1. The van der Waals surface area contributed by atoms with Gasteiger partial charge in [-0.3, -0.25) is 0 Å². The molecule has 0 aliphatic carbocycles. The van der Waals surface area contributed by atoms with E-state index in [9.17, 15) is 10.2 Å². The summed E-state index contributed by atoms with van der Waals surface area (Å²) in [6.45, 7) is 3.40. The molecule has 0 unspecified atom stereocenters. The number of ether oxygens (including phenoxy) is 1. The van der Waals surface area contributed by atoms with Gasteiger partial charge in [-0.15, -0.1) is 0 Å². The van der Waals surface area contributed by atoms with Crippen molar-refractivity contribution in [2.24, 2.45) is 0 Å². The minimum atomic E-state index is -0.287. The van der Waals surface area contributed by atoms with E-state index < -0.39 is 0 Å². The molecule has 0 atom stereocenters. The molecule has 110 valence electrons. The van der Waals surface area contributed by atoms with E-state index >= 15 is 0 Å². The molecular weight excluding hydrogens is 346 g/mol. The molecule has 3 rings (SSSR count). The highest BCUT2D eigenvalue weighted by Gasteiger charge is 2.14. The van der Waals surface area contributed by atoms with Gasteiger partial charge in [0.2, 0.25) is 0 Å². The molecule has 0 bridgehead atoms. The van der Waals surface area contributed by atoms with E-state index in [2.05, 4.69) is 27.5 Å². The van der Waals surface area contributed by atoms with Crippen molar-refractivity contribution in [1.29, 1.82) is 0 Å². The molecule has 1 heterocycles. The van der Waals surface area contributed by atoms with Crippen molar-refractivity contribution in [2.75, 3.05) is 0 Å². The van der Waals surface area contributed by atoms with Crippen molar-refractivity contribution < 1.29 is 14.9 Å². The molecular formula is C17H12BrNO3. The number of nitrogens with zero attached hydrogens (tertiary/aromatic N) is 1. The van der Waals surface area contributed by atoms with Gasteiger partial charge >= 0.3 is 0 Å². The van der Waals surface area contributed by atoms with E-state index in [4.69, 9.17) is 4.74 Å². The van der Waals surface area contributed by atoms with E-state index in [0.717, 1.165) is 5.75 Å². The molecule has 0 amide bonds. The minimum absolute atomic E-state index is 0.0519. The van der Waals surface area contributed by atoms with Crippen molar-refractivity contribution in [1.82, 2.24) is 4.98 Å². The van der Waals surface area contributed by atoms with Gasteiger partial charge < -0.3 is 14.9 Å². The highest BCUT2D eigenvalue weighted by atomic mass is 79.9. The van der Waals surface area contributed by atoms with Crippen LogP contribution >= 0.6 is 15.9 Å². The third-order valence-electron chi connectivity index (χ3n) is 3.15. The molecule has 2 aromatic carbocycles. The first-order valence-electron chi connectivity index (χ1n) is 6.49. The van der Waals surface area contributed by atoms with Crippen LogP contribution in [-0.4, -0.2) is 15.2 Å². The smallest absolute Gasteiger partial charge is 0.152 e. The molecule has 0 aliphatic rings. The second-order valence-electron chi connectivity index (χ2n) is 4.67. The maximum Gasteiger partial charge on any atom is 0.152 e. The Bertz CT molecular complexity index is 863. The topological polar surface area (TPSA) is 62.6 Å². The molecule has 0 fully saturated rings. The lowest BCUT2D eigenvalue weighted by atomic mass is 10.1. The average molecular weight is 358 g/mol. The Balaban J connectivity index is 2.09. The first-order chi connectivity index (χ1) is 10.6. The van der Waals surface area contributed by atoms with Gasteiger partial charge in [-0.2, -0.15) is 0 Å². The molecule has 0 spiro atoms. The van der Waals surface area contributed by atoms with Crippen LogP contribution in [0.1, 0.15) is 5.69 Å². The third kappa shape index (κ3) is 2.63. The normalized spacial score (nSPS) is 10.6. The van der Waals surface area contributed by atoms with E-state index in [0.29, 0.717) is 21.1 Å². The van der Waals surface area contributed by atoms with Crippen LogP contribution in [0.3, 0.4) is 0 Å². The van der Waals surface area contributed by atoms with E-state index in [1.165, 1.54) is 0 Å². The maximum absolute atomic E-state index is 10.2. The van der Waals surface area contributed by atoms with Gasteiger partial charge in [-0.25, -0.2) is 4.98 Å². The largest absolute Gasteiger partial charge is 0.506 e. The third-order valence-corrected chi connectivity index (χ3v) is 3.76. The summed E-state index contributed by atoms with van der Waals surface area (Å²) >= 11 is 3.34. The number of aliphatic hydroxyl groups is 1. The van der Waals surface area contributed by atoms with Gasteiger partial charge in [-0.05, 0) is 46.3 Å². The van der Waals surface area contributed by atoms with E-state index in [1.807, 2.05) is 30.3 Å². The van der Waals surface area contributed by atoms with Crippen molar-refractivity contribution >= 4 is 32.5 Å². The maximum atomic E-state index is 10.2. The van der Waals surface area contributed by atoms with Crippen LogP contribution in [0, 0.1) is 0 Å². The Morgan fingerprint density at radius 1 is 1.05 bits per heavy atom. The SMILES string of the molecule is C=C(O)c1nc(Br)c2cc(Oc3ccccc3)ccc2c1O. The molecule has 2 N–H and O–H groups in total. The highest BCUT2D eigenvalue weighted by Crippen LogP contribution is 2.37. The Kier molecular flexibility index (Phi) is 3.73.